The lowest BCUT2D eigenvalue weighted by Gasteiger charge is -2.13. The second kappa shape index (κ2) is 7.55. The summed E-state index contributed by atoms with van der Waals surface area (Å²) in [4.78, 5) is 15.9. The van der Waals surface area contributed by atoms with Crippen molar-refractivity contribution in [1.29, 1.82) is 0 Å². The van der Waals surface area contributed by atoms with Crippen molar-refractivity contribution in [2.24, 2.45) is 4.99 Å². The van der Waals surface area contributed by atoms with E-state index in [1.807, 2.05) is 20.1 Å². The van der Waals surface area contributed by atoms with E-state index in [4.69, 9.17) is 9.47 Å². The van der Waals surface area contributed by atoms with Crippen LogP contribution < -0.4 is 4.74 Å². The van der Waals surface area contributed by atoms with Gasteiger partial charge in [-0.05, 0) is 54.2 Å². The maximum atomic E-state index is 11.5. The van der Waals surface area contributed by atoms with Crippen LogP contribution in [-0.4, -0.2) is 29.4 Å². The summed E-state index contributed by atoms with van der Waals surface area (Å²) in [5.74, 6) is 0.164. The summed E-state index contributed by atoms with van der Waals surface area (Å²) in [6, 6.07) is 5.05. The number of thioether (sulfide) groups is 1. The molecule has 0 aliphatic carbocycles. The van der Waals surface area contributed by atoms with Crippen LogP contribution >= 0.6 is 27.7 Å². The van der Waals surface area contributed by atoms with Crippen LogP contribution in [0.3, 0.4) is 0 Å². The molecule has 19 heavy (non-hydrogen) atoms. The van der Waals surface area contributed by atoms with Gasteiger partial charge in [-0.15, -0.1) is 11.8 Å². The fraction of sp³-hybridized carbons (Fsp3) is 0.385. The topological polar surface area (TPSA) is 47.9 Å². The average Bonchev–Trinajstić information content (AvgIpc) is 2.38. The fourth-order valence-corrected chi connectivity index (χ4v) is 1.72. The number of hydrogen-bond acceptors (Lipinski definition) is 5. The highest BCUT2D eigenvalue weighted by atomic mass is 79.9. The third-order valence-corrected chi connectivity index (χ3v) is 3.70. The third-order valence-electron chi connectivity index (χ3n) is 2.12. The van der Waals surface area contributed by atoms with Gasteiger partial charge in [0.2, 0.25) is 0 Å². The molecule has 0 fully saturated rings. The Morgan fingerprint density at radius 3 is 2.63 bits per heavy atom. The lowest BCUT2D eigenvalue weighted by Crippen LogP contribution is -2.07. The molecule has 0 heterocycles. The fourth-order valence-electron chi connectivity index (χ4n) is 1.34. The number of rotatable bonds is 4. The van der Waals surface area contributed by atoms with Crippen molar-refractivity contribution < 1.29 is 14.3 Å². The van der Waals surface area contributed by atoms with Crippen molar-refractivity contribution in [2.45, 2.75) is 20.0 Å². The second-order valence-corrected chi connectivity index (χ2v) is 5.98. The number of nitrogens with zero attached hydrogens (tertiary/aromatic N) is 1. The van der Waals surface area contributed by atoms with Gasteiger partial charge in [-0.2, -0.15) is 0 Å². The average molecular weight is 346 g/mol. The van der Waals surface area contributed by atoms with Crippen molar-refractivity contribution in [2.75, 3.05) is 13.4 Å². The molecule has 1 aromatic carbocycles. The highest BCUT2D eigenvalue weighted by molar-refractivity contribution is 9.22. The lowest BCUT2D eigenvalue weighted by molar-refractivity contribution is 0.0600. The number of halogens is 1. The molecule has 0 bridgehead atoms. The van der Waals surface area contributed by atoms with E-state index in [0.717, 1.165) is 3.95 Å². The van der Waals surface area contributed by atoms with Gasteiger partial charge in [0.1, 0.15) is 15.4 Å². The van der Waals surface area contributed by atoms with Gasteiger partial charge >= 0.3 is 5.97 Å². The molecule has 0 unspecified atom stereocenters. The van der Waals surface area contributed by atoms with Gasteiger partial charge in [-0.25, -0.2) is 9.79 Å². The summed E-state index contributed by atoms with van der Waals surface area (Å²) < 4.78 is 11.1. The zero-order chi connectivity index (χ0) is 14.4. The molecule has 0 spiro atoms. The monoisotopic (exact) mass is 345 g/mol. The van der Waals surface area contributed by atoms with Crippen LogP contribution in [0, 0.1) is 0 Å². The molecule has 0 saturated carbocycles. The first-order valence-electron chi connectivity index (χ1n) is 5.65. The van der Waals surface area contributed by atoms with Crippen molar-refractivity contribution >= 4 is 43.3 Å². The van der Waals surface area contributed by atoms with Crippen molar-refractivity contribution in [3.05, 3.63) is 23.8 Å². The molecule has 0 aliphatic heterocycles. The van der Waals surface area contributed by atoms with Gasteiger partial charge in [-0.1, -0.05) is 0 Å². The Bertz CT molecular complexity index is 489. The van der Waals surface area contributed by atoms with Gasteiger partial charge in [-0.3, -0.25) is 0 Å². The first-order valence-corrected chi connectivity index (χ1v) is 7.67. The number of ether oxygens (including phenoxy) is 2. The zero-order valence-electron chi connectivity index (χ0n) is 11.3. The molecule has 104 valence electrons. The van der Waals surface area contributed by atoms with E-state index in [9.17, 15) is 4.79 Å². The summed E-state index contributed by atoms with van der Waals surface area (Å²) in [5.41, 5.74) is 1.11. The summed E-state index contributed by atoms with van der Waals surface area (Å²) in [6.45, 7) is 3.84. The number of hydrogen-bond donors (Lipinski definition) is 0. The second-order valence-electron chi connectivity index (χ2n) is 3.91. The number of methoxy groups -OCH3 is 1. The van der Waals surface area contributed by atoms with Gasteiger partial charge in [0.15, 0.2) is 0 Å². The molecule has 1 rings (SSSR count). The van der Waals surface area contributed by atoms with Gasteiger partial charge in [0, 0.05) is 0 Å². The minimum atomic E-state index is -0.395. The number of aliphatic imine (C=N–C) groups is 1. The predicted molar refractivity (Wildman–Crippen MR) is 83.1 cm³/mol. The Labute approximate surface area is 125 Å². The molecular formula is C13H16BrNO3S. The molecule has 0 aromatic heterocycles. The smallest absolute Gasteiger partial charge is 0.337 e. The first kappa shape index (κ1) is 16.0. The third kappa shape index (κ3) is 4.87. The van der Waals surface area contributed by atoms with Gasteiger partial charge < -0.3 is 9.47 Å². The highest BCUT2D eigenvalue weighted by Crippen LogP contribution is 2.31. The Balaban J connectivity index is 3.20. The van der Waals surface area contributed by atoms with E-state index in [1.54, 1.807) is 18.2 Å². The van der Waals surface area contributed by atoms with Crippen LogP contribution in [0.2, 0.25) is 0 Å². The number of carbonyl (C=O) groups is 1. The summed E-state index contributed by atoms with van der Waals surface area (Å²) in [7, 11) is 1.35. The number of esters is 1. The standard InChI is InChI=1S/C13H16BrNO3S/c1-8(2)18-11-7-9(12(16)17-3)5-6-10(11)15-13(14)19-4/h5-8H,1-4H3/b15-13-. The molecule has 0 amide bonds. The predicted octanol–water partition coefficient (Wildman–Crippen LogP) is 4.01. The molecule has 0 atom stereocenters. The van der Waals surface area contributed by atoms with Crippen LogP contribution in [0.4, 0.5) is 5.69 Å². The normalized spacial score (nSPS) is 11.6. The first-order chi connectivity index (χ1) is 8.97. The van der Waals surface area contributed by atoms with Crippen molar-refractivity contribution in [3.8, 4) is 5.75 Å². The van der Waals surface area contributed by atoms with Crippen LogP contribution in [0.5, 0.6) is 5.75 Å². The molecular weight excluding hydrogens is 330 g/mol. The summed E-state index contributed by atoms with van der Waals surface area (Å²) in [6.07, 6.45) is 1.91. The molecule has 4 nitrogen and oxygen atoms in total. The van der Waals surface area contributed by atoms with E-state index in [-0.39, 0.29) is 6.10 Å². The van der Waals surface area contributed by atoms with Gasteiger partial charge in [0.05, 0.1) is 18.8 Å². The van der Waals surface area contributed by atoms with Gasteiger partial charge in [0.25, 0.3) is 0 Å². The lowest BCUT2D eigenvalue weighted by atomic mass is 10.2. The van der Waals surface area contributed by atoms with E-state index in [2.05, 4.69) is 20.9 Å². The molecule has 6 heteroatoms. The summed E-state index contributed by atoms with van der Waals surface area (Å²) >= 11 is 4.82. The van der Waals surface area contributed by atoms with E-state index in [1.165, 1.54) is 18.9 Å². The SMILES string of the molecule is COC(=O)c1ccc(/N=C(/Br)SC)c(OC(C)C)c1. The Morgan fingerprint density at radius 2 is 2.11 bits per heavy atom. The Kier molecular flexibility index (Phi) is 6.37. The number of carbonyl (C=O) groups excluding carboxylic acids is 1. The van der Waals surface area contributed by atoms with E-state index >= 15 is 0 Å². The van der Waals surface area contributed by atoms with Crippen LogP contribution in [0.1, 0.15) is 24.2 Å². The minimum absolute atomic E-state index is 0.00472. The highest BCUT2D eigenvalue weighted by Gasteiger charge is 2.12. The zero-order valence-corrected chi connectivity index (χ0v) is 13.7. The summed E-state index contributed by atoms with van der Waals surface area (Å²) in [5, 5.41) is 0. The van der Waals surface area contributed by atoms with E-state index in [0.29, 0.717) is 17.0 Å². The number of benzene rings is 1. The van der Waals surface area contributed by atoms with Crippen LogP contribution in [0.15, 0.2) is 23.2 Å². The largest absolute Gasteiger partial charge is 0.489 e. The molecule has 0 radical (unpaired) electrons. The molecule has 0 N–H and O–H groups in total. The van der Waals surface area contributed by atoms with E-state index < -0.39 is 5.97 Å². The maximum Gasteiger partial charge on any atom is 0.337 e. The quantitative estimate of drug-likeness (QED) is 0.470. The maximum absolute atomic E-state index is 11.5. The Morgan fingerprint density at radius 1 is 1.42 bits per heavy atom. The molecule has 0 aliphatic rings. The van der Waals surface area contributed by atoms with Crippen molar-refractivity contribution in [1.82, 2.24) is 0 Å². The Hall–Kier alpha value is -1.01. The van der Waals surface area contributed by atoms with Crippen LogP contribution in [0.25, 0.3) is 0 Å². The minimum Gasteiger partial charge on any atom is -0.489 e. The van der Waals surface area contributed by atoms with Crippen molar-refractivity contribution in [3.63, 3.8) is 0 Å². The molecule has 0 saturated heterocycles. The van der Waals surface area contributed by atoms with Crippen LogP contribution in [-0.2, 0) is 4.74 Å². The molecule has 1 aromatic rings.